The van der Waals surface area contributed by atoms with Gasteiger partial charge >= 0.3 is 5.97 Å². The molecule has 7 nitrogen and oxygen atoms in total. The van der Waals surface area contributed by atoms with Gasteiger partial charge in [-0.15, -0.1) is 5.10 Å². The number of fused-ring (bicyclic) bond motifs is 1. The van der Waals surface area contributed by atoms with Gasteiger partial charge in [-0.3, -0.25) is 9.78 Å². The molecule has 0 aliphatic carbocycles. The smallest absolute Gasteiger partial charge is 0.287 e. The molecule has 0 radical (unpaired) electrons. The molecule has 7 heteroatoms. The first kappa shape index (κ1) is 22.3. The van der Waals surface area contributed by atoms with Crippen LogP contribution in [0, 0.1) is 11.3 Å². The highest BCUT2D eigenvalue weighted by Crippen LogP contribution is 2.27. The Labute approximate surface area is 182 Å². The Hall–Kier alpha value is -3.40. The van der Waals surface area contributed by atoms with Crippen LogP contribution < -0.4 is 4.89 Å². The van der Waals surface area contributed by atoms with E-state index < -0.39 is 0 Å². The lowest BCUT2D eigenvalue weighted by molar-refractivity contribution is -0.213. The van der Waals surface area contributed by atoms with Crippen LogP contribution in [0.5, 0.6) is 5.75 Å². The van der Waals surface area contributed by atoms with E-state index in [2.05, 4.69) is 22.3 Å². The van der Waals surface area contributed by atoms with Crippen molar-refractivity contribution in [3.8, 4) is 23.1 Å². The monoisotopic (exact) mass is 420 g/mol. The lowest BCUT2D eigenvalue weighted by atomic mass is 10.0. The van der Waals surface area contributed by atoms with Crippen LogP contribution in [0.4, 0.5) is 0 Å². The molecule has 1 heterocycles. The van der Waals surface area contributed by atoms with Crippen molar-refractivity contribution in [3.63, 3.8) is 0 Å². The van der Waals surface area contributed by atoms with Crippen molar-refractivity contribution in [2.24, 2.45) is 0 Å². The third kappa shape index (κ3) is 6.54. The van der Waals surface area contributed by atoms with E-state index in [1.54, 1.807) is 12.1 Å². The summed E-state index contributed by atoms with van der Waals surface area (Å²) in [5.74, 6) is 0.111. The number of aromatic nitrogens is 3. The summed E-state index contributed by atoms with van der Waals surface area (Å²) in [6.07, 6.45) is 9.78. The number of aromatic amines is 1. The molecule has 162 valence electrons. The van der Waals surface area contributed by atoms with Gasteiger partial charge in [-0.2, -0.15) is 15.6 Å². The molecule has 0 bridgehead atoms. The number of rotatable bonds is 12. The number of nitriles is 1. The van der Waals surface area contributed by atoms with Crippen molar-refractivity contribution < 1.29 is 14.6 Å². The molecular weight excluding hydrogens is 392 g/mol. The second-order valence-corrected chi connectivity index (χ2v) is 7.62. The number of carbonyl (C=O) groups is 1. The normalized spacial score (nSPS) is 10.7. The summed E-state index contributed by atoms with van der Waals surface area (Å²) in [5.41, 5.74) is 1.56. The Morgan fingerprint density at radius 3 is 2.45 bits per heavy atom. The molecule has 0 spiro atoms. The Morgan fingerprint density at radius 2 is 1.68 bits per heavy atom. The zero-order chi connectivity index (χ0) is 21.9. The first-order chi connectivity index (χ1) is 15.2. The molecule has 2 aromatic carbocycles. The van der Waals surface area contributed by atoms with Gasteiger partial charge in [0.2, 0.25) is 0 Å². The summed E-state index contributed by atoms with van der Waals surface area (Å²) in [7, 11) is 0. The molecule has 0 aliphatic rings. The zero-order valence-corrected chi connectivity index (χ0v) is 17.9. The Kier molecular flexibility index (Phi) is 8.41. The van der Waals surface area contributed by atoms with Gasteiger partial charge in [0, 0.05) is 5.56 Å². The molecule has 0 unspecified atom stereocenters. The van der Waals surface area contributed by atoms with E-state index in [1.165, 1.54) is 32.1 Å². The maximum Gasteiger partial charge on any atom is 0.355 e. The van der Waals surface area contributed by atoms with E-state index in [0.717, 1.165) is 35.6 Å². The van der Waals surface area contributed by atoms with Crippen LogP contribution in [0.2, 0.25) is 0 Å². The summed E-state index contributed by atoms with van der Waals surface area (Å²) >= 11 is 0. The fraction of sp³-hybridized carbons (Fsp3) is 0.417. The predicted molar refractivity (Wildman–Crippen MR) is 118 cm³/mol. The maximum absolute atomic E-state index is 11.9. The van der Waals surface area contributed by atoms with Crippen LogP contribution in [0.1, 0.15) is 70.4 Å². The molecule has 0 saturated carbocycles. The molecule has 0 fully saturated rings. The van der Waals surface area contributed by atoms with Crippen molar-refractivity contribution in [3.05, 3.63) is 42.1 Å². The van der Waals surface area contributed by atoms with Crippen molar-refractivity contribution in [1.29, 1.82) is 5.26 Å². The third-order valence-electron chi connectivity index (χ3n) is 5.20. The Bertz CT molecular complexity index is 1040. The van der Waals surface area contributed by atoms with Gasteiger partial charge in [-0.25, -0.2) is 4.79 Å². The van der Waals surface area contributed by atoms with Crippen LogP contribution >= 0.6 is 0 Å². The maximum atomic E-state index is 11.9. The Morgan fingerprint density at radius 1 is 0.968 bits per heavy atom. The average Bonchev–Trinajstić information content (AvgIpc) is 3.28. The van der Waals surface area contributed by atoms with E-state index >= 15 is 0 Å². The fourth-order valence-corrected chi connectivity index (χ4v) is 3.47. The molecule has 1 N–H and O–H groups in total. The summed E-state index contributed by atoms with van der Waals surface area (Å²) < 4.78 is 0. The highest BCUT2D eigenvalue weighted by Gasteiger charge is 2.11. The summed E-state index contributed by atoms with van der Waals surface area (Å²) in [4.78, 5) is 22.1. The SMILES string of the molecule is CCCCCCCCCCC(=O)OOc1ccc2cc(-c3n[nH]nc3C#N)ccc2c1. The largest absolute Gasteiger partial charge is 0.355 e. The molecule has 3 aromatic rings. The number of benzene rings is 2. The molecule has 0 saturated heterocycles. The van der Waals surface area contributed by atoms with Gasteiger partial charge in [-0.05, 0) is 35.4 Å². The minimum atomic E-state index is -0.350. The molecule has 0 aliphatic heterocycles. The number of unbranched alkanes of at least 4 members (excludes halogenated alkanes) is 7. The quantitative estimate of drug-likeness (QED) is 0.224. The molecule has 0 atom stereocenters. The predicted octanol–water partition coefficient (Wildman–Crippen LogP) is 5.86. The lowest BCUT2D eigenvalue weighted by Gasteiger charge is -2.07. The Balaban J connectivity index is 1.45. The van der Waals surface area contributed by atoms with Crippen molar-refractivity contribution in [2.45, 2.75) is 64.7 Å². The summed E-state index contributed by atoms with van der Waals surface area (Å²) in [6.45, 7) is 2.22. The van der Waals surface area contributed by atoms with Crippen LogP contribution in [-0.2, 0) is 9.68 Å². The third-order valence-corrected chi connectivity index (χ3v) is 5.20. The number of H-pyrrole nitrogens is 1. The van der Waals surface area contributed by atoms with E-state index in [9.17, 15) is 4.79 Å². The minimum absolute atomic E-state index is 0.253. The van der Waals surface area contributed by atoms with Crippen LogP contribution in [0.15, 0.2) is 36.4 Å². The summed E-state index contributed by atoms with van der Waals surface area (Å²) in [6, 6.07) is 13.1. The number of hydrogen-bond donors (Lipinski definition) is 1. The highest BCUT2D eigenvalue weighted by atomic mass is 17.2. The number of nitrogens with zero attached hydrogens (tertiary/aromatic N) is 3. The molecule has 3 rings (SSSR count). The van der Waals surface area contributed by atoms with Crippen molar-refractivity contribution >= 4 is 16.7 Å². The van der Waals surface area contributed by atoms with Crippen LogP contribution in [0.25, 0.3) is 22.0 Å². The lowest BCUT2D eigenvalue weighted by Crippen LogP contribution is -2.07. The molecule has 1 aromatic heterocycles. The topological polar surface area (TPSA) is 101 Å². The van der Waals surface area contributed by atoms with Crippen molar-refractivity contribution in [2.75, 3.05) is 0 Å². The minimum Gasteiger partial charge on any atom is -0.287 e. The second-order valence-electron chi connectivity index (χ2n) is 7.62. The van der Waals surface area contributed by atoms with Gasteiger partial charge < -0.3 is 0 Å². The first-order valence-corrected chi connectivity index (χ1v) is 10.9. The van der Waals surface area contributed by atoms with Crippen LogP contribution in [-0.4, -0.2) is 21.4 Å². The highest BCUT2D eigenvalue weighted by molar-refractivity contribution is 5.88. The fourth-order valence-electron chi connectivity index (χ4n) is 3.47. The number of hydrogen-bond acceptors (Lipinski definition) is 6. The molecule has 31 heavy (non-hydrogen) atoms. The molecular formula is C24H28N4O3. The van der Waals surface area contributed by atoms with E-state index in [-0.39, 0.29) is 11.7 Å². The van der Waals surface area contributed by atoms with Crippen molar-refractivity contribution in [1.82, 2.24) is 15.4 Å². The van der Waals surface area contributed by atoms with Gasteiger partial charge in [0.15, 0.2) is 11.4 Å². The zero-order valence-electron chi connectivity index (χ0n) is 17.9. The van der Waals surface area contributed by atoms with Gasteiger partial charge in [0.05, 0.1) is 6.42 Å². The second kappa shape index (κ2) is 11.7. The first-order valence-electron chi connectivity index (χ1n) is 10.9. The number of nitrogens with one attached hydrogen (secondary N) is 1. The average molecular weight is 421 g/mol. The van der Waals surface area contributed by atoms with Gasteiger partial charge in [0.25, 0.3) is 0 Å². The van der Waals surface area contributed by atoms with Crippen LogP contribution in [0.3, 0.4) is 0 Å². The number of carbonyl (C=O) groups excluding carboxylic acids is 1. The van der Waals surface area contributed by atoms with Gasteiger partial charge in [0.1, 0.15) is 11.8 Å². The standard InChI is InChI=1S/C24H28N4O3/c1-2-3-4-5-6-7-8-9-10-23(29)31-30-21-14-13-18-15-20(12-11-19(18)16-21)24-22(17-25)26-28-27-24/h11-16H,2-10H2,1H3,(H,26,27,28). The summed E-state index contributed by atoms with van der Waals surface area (Å²) in [5, 5.41) is 21.3. The van der Waals surface area contributed by atoms with E-state index in [4.69, 9.17) is 15.0 Å². The van der Waals surface area contributed by atoms with E-state index in [1.807, 2.05) is 30.3 Å². The van der Waals surface area contributed by atoms with E-state index in [0.29, 0.717) is 17.9 Å². The molecule has 0 amide bonds. The van der Waals surface area contributed by atoms with Gasteiger partial charge in [-0.1, -0.05) is 70.1 Å².